The highest BCUT2D eigenvalue weighted by atomic mass is 32.2. The maximum absolute atomic E-state index is 12.6. The van der Waals surface area contributed by atoms with Crippen molar-refractivity contribution in [3.05, 3.63) is 58.7 Å². The van der Waals surface area contributed by atoms with Crippen molar-refractivity contribution >= 4 is 15.9 Å². The Hall–Kier alpha value is -2.58. The Bertz CT molecular complexity index is 1000. The van der Waals surface area contributed by atoms with Gasteiger partial charge in [0, 0.05) is 36.2 Å². The van der Waals surface area contributed by atoms with E-state index < -0.39 is 10.0 Å². The van der Waals surface area contributed by atoms with Gasteiger partial charge in [0.1, 0.15) is 17.6 Å². The van der Waals surface area contributed by atoms with Gasteiger partial charge in [-0.3, -0.25) is 4.79 Å². The van der Waals surface area contributed by atoms with E-state index in [0.717, 1.165) is 40.9 Å². The number of fused-ring (bicyclic) bond motifs is 1. The smallest absolute Gasteiger partial charge is 0.251 e. The van der Waals surface area contributed by atoms with Crippen molar-refractivity contribution in [2.45, 2.75) is 39.3 Å². The number of nitrogens with one attached hydrogen (secondary N) is 2. The lowest BCUT2D eigenvalue weighted by Gasteiger charge is -2.13. The molecule has 0 bridgehead atoms. The molecule has 0 radical (unpaired) electrons. The van der Waals surface area contributed by atoms with Crippen molar-refractivity contribution < 1.29 is 22.7 Å². The van der Waals surface area contributed by atoms with E-state index in [1.165, 1.54) is 0 Å². The molecule has 8 heteroatoms. The van der Waals surface area contributed by atoms with Crippen LogP contribution in [0.5, 0.6) is 11.5 Å². The zero-order valence-electron chi connectivity index (χ0n) is 17.5. The fourth-order valence-electron chi connectivity index (χ4n) is 3.39. The van der Waals surface area contributed by atoms with Crippen LogP contribution < -0.4 is 19.5 Å². The summed E-state index contributed by atoms with van der Waals surface area (Å²) in [5.74, 6) is 1.43. The van der Waals surface area contributed by atoms with E-state index in [1.54, 1.807) is 12.1 Å². The first-order valence-electron chi connectivity index (χ1n) is 10.0. The molecule has 1 heterocycles. The molecule has 2 aromatic carbocycles. The van der Waals surface area contributed by atoms with E-state index in [1.807, 2.05) is 38.1 Å². The molecule has 30 heavy (non-hydrogen) atoms. The normalized spacial score (nSPS) is 15.4. The average molecular weight is 433 g/mol. The molecule has 0 unspecified atom stereocenters. The van der Waals surface area contributed by atoms with E-state index in [9.17, 15) is 13.2 Å². The Morgan fingerprint density at radius 3 is 2.63 bits per heavy atom. The first-order valence-corrected chi connectivity index (χ1v) is 11.9. The Kier molecular flexibility index (Phi) is 6.99. The minimum atomic E-state index is -3.20. The number of ether oxygens (including phenoxy) is 2. The summed E-state index contributed by atoms with van der Waals surface area (Å²) in [5, 5.41) is 2.93. The minimum absolute atomic E-state index is 0.144. The van der Waals surface area contributed by atoms with Gasteiger partial charge < -0.3 is 14.8 Å². The van der Waals surface area contributed by atoms with Crippen LogP contribution in [0.2, 0.25) is 0 Å². The average Bonchev–Trinajstić information content (AvgIpc) is 3.04. The fourth-order valence-corrected chi connectivity index (χ4v) is 3.86. The van der Waals surface area contributed by atoms with Crippen LogP contribution in [0.15, 0.2) is 36.4 Å². The molecule has 2 aromatic rings. The number of sulfonamides is 1. The number of hydrogen-bond acceptors (Lipinski definition) is 5. The van der Waals surface area contributed by atoms with Gasteiger partial charge in [-0.05, 0) is 50.1 Å². The van der Waals surface area contributed by atoms with Gasteiger partial charge in [-0.15, -0.1) is 0 Å². The lowest BCUT2D eigenvalue weighted by atomic mass is 10.1. The summed E-state index contributed by atoms with van der Waals surface area (Å²) in [4.78, 5) is 12.6. The molecule has 3 rings (SSSR count). The fraction of sp³-hybridized carbons (Fsp3) is 0.409. The van der Waals surface area contributed by atoms with Gasteiger partial charge in [-0.25, -0.2) is 13.1 Å². The number of benzene rings is 2. The summed E-state index contributed by atoms with van der Waals surface area (Å²) in [7, 11) is -3.20. The topological polar surface area (TPSA) is 93.7 Å². The Labute approximate surface area is 177 Å². The molecule has 1 amide bonds. The third-order valence-corrected chi connectivity index (χ3v) is 5.54. The number of hydrogen-bond donors (Lipinski definition) is 2. The quantitative estimate of drug-likeness (QED) is 0.635. The Morgan fingerprint density at radius 2 is 1.97 bits per heavy atom. The number of carbonyl (C=O) groups excluding carboxylic acids is 1. The third-order valence-electron chi connectivity index (χ3n) is 4.81. The summed E-state index contributed by atoms with van der Waals surface area (Å²) < 4.78 is 36.3. The van der Waals surface area contributed by atoms with Crippen molar-refractivity contribution in [2.75, 3.05) is 19.4 Å². The van der Waals surface area contributed by atoms with E-state index >= 15 is 0 Å². The minimum Gasteiger partial charge on any atom is -0.494 e. The molecule has 1 aliphatic rings. The SMILES string of the molecule is CCOc1cc2c(cc1CNC(=O)c1ccc(CCNS(C)(=O)=O)cc1)O[C@@H](C)C2. The van der Waals surface area contributed by atoms with Crippen LogP contribution in [0.1, 0.15) is 40.9 Å². The van der Waals surface area contributed by atoms with Crippen molar-refractivity contribution in [1.82, 2.24) is 10.0 Å². The molecule has 162 valence electrons. The first kappa shape index (κ1) is 22.1. The molecule has 0 spiro atoms. The maximum Gasteiger partial charge on any atom is 0.251 e. The molecular weight excluding hydrogens is 404 g/mol. The molecule has 0 saturated heterocycles. The lowest BCUT2D eigenvalue weighted by Crippen LogP contribution is -2.24. The Morgan fingerprint density at radius 1 is 1.23 bits per heavy atom. The van der Waals surface area contributed by atoms with E-state index in [4.69, 9.17) is 9.47 Å². The van der Waals surface area contributed by atoms with Crippen molar-refractivity contribution in [3.63, 3.8) is 0 Å². The Balaban J connectivity index is 1.61. The second-order valence-electron chi connectivity index (χ2n) is 7.43. The highest BCUT2D eigenvalue weighted by molar-refractivity contribution is 7.88. The van der Waals surface area contributed by atoms with Gasteiger partial charge in [0.25, 0.3) is 5.91 Å². The van der Waals surface area contributed by atoms with Gasteiger partial charge >= 0.3 is 0 Å². The third kappa shape index (κ3) is 5.96. The van der Waals surface area contributed by atoms with E-state index in [2.05, 4.69) is 10.0 Å². The predicted octanol–water partition coefficient (Wildman–Crippen LogP) is 2.43. The first-order chi connectivity index (χ1) is 14.2. The molecular formula is C22H28N2O5S. The van der Waals surface area contributed by atoms with Crippen molar-refractivity contribution in [3.8, 4) is 11.5 Å². The van der Waals surface area contributed by atoms with Crippen LogP contribution in [0.3, 0.4) is 0 Å². The monoisotopic (exact) mass is 432 g/mol. The number of amides is 1. The lowest BCUT2D eigenvalue weighted by molar-refractivity contribution is 0.0950. The molecule has 1 atom stereocenters. The van der Waals surface area contributed by atoms with Crippen molar-refractivity contribution in [2.24, 2.45) is 0 Å². The standard InChI is InChI=1S/C22H28N2O5S/c1-4-28-20-12-18-11-15(2)29-21(18)13-19(20)14-23-22(25)17-7-5-16(6-8-17)9-10-24-30(3,26)27/h5-8,12-13,15,24H,4,9-11,14H2,1-3H3,(H,23,25)/t15-/m0/s1. The molecule has 0 fully saturated rings. The van der Waals surface area contributed by atoms with Crippen LogP contribution in [0.4, 0.5) is 0 Å². The molecule has 1 aliphatic heterocycles. The zero-order chi connectivity index (χ0) is 21.7. The maximum atomic E-state index is 12.6. The molecule has 2 N–H and O–H groups in total. The van der Waals surface area contributed by atoms with Gasteiger partial charge in [0.05, 0.1) is 12.9 Å². The summed E-state index contributed by atoms with van der Waals surface area (Å²) in [6.45, 7) is 5.17. The van der Waals surface area contributed by atoms with Crippen LogP contribution in [0, 0.1) is 0 Å². The highest BCUT2D eigenvalue weighted by Crippen LogP contribution is 2.35. The highest BCUT2D eigenvalue weighted by Gasteiger charge is 2.22. The predicted molar refractivity (Wildman–Crippen MR) is 116 cm³/mol. The van der Waals surface area contributed by atoms with Gasteiger partial charge in [-0.1, -0.05) is 12.1 Å². The van der Waals surface area contributed by atoms with Gasteiger partial charge in [0.2, 0.25) is 10.0 Å². The van der Waals surface area contributed by atoms with Crippen LogP contribution in [-0.4, -0.2) is 39.8 Å². The number of carbonyl (C=O) groups is 1. The van der Waals surface area contributed by atoms with Gasteiger partial charge in [0.15, 0.2) is 0 Å². The summed E-state index contributed by atoms with van der Waals surface area (Å²) in [5.41, 5.74) is 3.49. The van der Waals surface area contributed by atoms with Crippen LogP contribution in [-0.2, 0) is 29.4 Å². The molecule has 0 saturated carbocycles. The van der Waals surface area contributed by atoms with E-state index in [0.29, 0.717) is 31.7 Å². The van der Waals surface area contributed by atoms with Crippen LogP contribution >= 0.6 is 0 Å². The second-order valence-corrected chi connectivity index (χ2v) is 9.26. The largest absolute Gasteiger partial charge is 0.494 e. The van der Waals surface area contributed by atoms with E-state index in [-0.39, 0.29) is 12.0 Å². The number of rotatable bonds is 9. The zero-order valence-corrected chi connectivity index (χ0v) is 18.3. The molecule has 0 aliphatic carbocycles. The summed E-state index contributed by atoms with van der Waals surface area (Å²) >= 11 is 0. The summed E-state index contributed by atoms with van der Waals surface area (Å²) in [6, 6.07) is 11.1. The van der Waals surface area contributed by atoms with Gasteiger partial charge in [-0.2, -0.15) is 0 Å². The second kappa shape index (κ2) is 9.49. The van der Waals surface area contributed by atoms with Crippen molar-refractivity contribution in [1.29, 1.82) is 0 Å². The molecule has 0 aromatic heterocycles. The summed E-state index contributed by atoms with van der Waals surface area (Å²) in [6.07, 6.45) is 2.69. The van der Waals surface area contributed by atoms with Crippen LogP contribution in [0.25, 0.3) is 0 Å². The molecule has 7 nitrogen and oxygen atoms in total.